The molecule has 1 saturated heterocycles. The molecule has 1 aromatic carbocycles. The van der Waals surface area contributed by atoms with Crippen LogP contribution in [0.4, 0.5) is 0 Å². The van der Waals surface area contributed by atoms with E-state index in [-0.39, 0.29) is 24.4 Å². The van der Waals surface area contributed by atoms with Gasteiger partial charge in [-0.2, -0.15) is 0 Å². The molecule has 1 amide bonds. The molecule has 0 spiro atoms. The van der Waals surface area contributed by atoms with Crippen LogP contribution in [0.1, 0.15) is 49.3 Å². The van der Waals surface area contributed by atoms with Gasteiger partial charge in [0.15, 0.2) is 0 Å². The normalized spacial score (nSPS) is 23.8. The Morgan fingerprint density at radius 1 is 1.26 bits per heavy atom. The maximum atomic E-state index is 12.7. The molecule has 1 aromatic rings. The third kappa shape index (κ3) is 4.27. The topological polar surface area (TPSA) is 46.3 Å². The van der Waals surface area contributed by atoms with Gasteiger partial charge < -0.3 is 10.6 Å². The van der Waals surface area contributed by atoms with Crippen molar-refractivity contribution in [1.29, 1.82) is 0 Å². The van der Waals surface area contributed by atoms with Gasteiger partial charge in [-0.05, 0) is 61.1 Å². The minimum absolute atomic E-state index is 0. The molecule has 23 heavy (non-hydrogen) atoms. The molecule has 0 bridgehead atoms. The molecule has 1 aliphatic heterocycles. The number of amides is 1. The number of hydrogen-bond acceptors (Lipinski definition) is 2. The number of rotatable bonds is 3. The summed E-state index contributed by atoms with van der Waals surface area (Å²) in [6.45, 7) is 3.71. The molecule has 1 aliphatic carbocycles. The van der Waals surface area contributed by atoms with Gasteiger partial charge in [0, 0.05) is 19.1 Å². The minimum atomic E-state index is 0. The second-order valence-electron chi connectivity index (χ2n) is 7.09. The van der Waals surface area contributed by atoms with E-state index in [1.165, 1.54) is 42.4 Å². The molecule has 1 heterocycles. The van der Waals surface area contributed by atoms with Crippen LogP contribution in [0.5, 0.6) is 0 Å². The van der Waals surface area contributed by atoms with Crippen molar-refractivity contribution in [2.45, 2.75) is 57.9 Å². The van der Waals surface area contributed by atoms with Crippen molar-refractivity contribution < 1.29 is 4.79 Å². The van der Waals surface area contributed by atoms with Crippen molar-refractivity contribution >= 4 is 18.3 Å². The summed E-state index contributed by atoms with van der Waals surface area (Å²) in [7, 11) is 0. The van der Waals surface area contributed by atoms with E-state index < -0.39 is 0 Å². The fourth-order valence-corrected chi connectivity index (χ4v) is 3.98. The van der Waals surface area contributed by atoms with Crippen LogP contribution in [-0.2, 0) is 24.1 Å². The third-order valence-electron chi connectivity index (χ3n) is 5.34. The number of benzene rings is 1. The second-order valence-corrected chi connectivity index (χ2v) is 7.09. The zero-order valence-electron chi connectivity index (χ0n) is 14.1. The lowest BCUT2D eigenvalue weighted by Gasteiger charge is -2.38. The lowest BCUT2D eigenvalue weighted by atomic mass is 9.89. The highest BCUT2D eigenvalue weighted by atomic mass is 35.5. The zero-order valence-corrected chi connectivity index (χ0v) is 14.9. The smallest absolute Gasteiger partial charge is 0.227 e. The van der Waals surface area contributed by atoms with Gasteiger partial charge in [-0.15, -0.1) is 12.4 Å². The van der Waals surface area contributed by atoms with Crippen LogP contribution >= 0.6 is 12.4 Å². The highest BCUT2D eigenvalue weighted by Crippen LogP contribution is 2.25. The number of hydrogen-bond donors (Lipinski definition) is 1. The van der Waals surface area contributed by atoms with Gasteiger partial charge in [0.25, 0.3) is 0 Å². The Morgan fingerprint density at radius 2 is 2.00 bits per heavy atom. The van der Waals surface area contributed by atoms with E-state index in [1.54, 1.807) is 0 Å². The standard InChI is InChI=1S/C19H28N2O.ClH/c1-14-8-9-21(18(10-14)13-20)19(22)12-15-6-7-16-4-2-3-5-17(16)11-15;/h6-7,11,14,18H,2-5,8-10,12-13,20H2,1H3;1H. The fourth-order valence-electron chi connectivity index (χ4n) is 3.98. The summed E-state index contributed by atoms with van der Waals surface area (Å²) < 4.78 is 0. The third-order valence-corrected chi connectivity index (χ3v) is 5.34. The first kappa shape index (κ1) is 18.3. The summed E-state index contributed by atoms with van der Waals surface area (Å²) in [6.07, 6.45) is 7.63. The predicted octanol–water partition coefficient (Wildman–Crippen LogP) is 3.12. The fraction of sp³-hybridized carbons (Fsp3) is 0.632. The molecular formula is C19H29ClN2O. The number of nitrogens with two attached hydrogens (primary N) is 1. The van der Waals surface area contributed by atoms with Gasteiger partial charge in [-0.1, -0.05) is 25.1 Å². The summed E-state index contributed by atoms with van der Waals surface area (Å²) >= 11 is 0. The monoisotopic (exact) mass is 336 g/mol. The summed E-state index contributed by atoms with van der Waals surface area (Å²) in [5.41, 5.74) is 9.99. The van der Waals surface area contributed by atoms with E-state index in [0.29, 0.717) is 18.9 Å². The number of halogens is 1. The van der Waals surface area contributed by atoms with Gasteiger partial charge >= 0.3 is 0 Å². The maximum Gasteiger partial charge on any atom is 0.227 e. The summed E-state index contributed by atoms with van der Waals surface area (Å²) in [5.74, 6) is 0.930. The van der Waals surface area contributed by atoms with Crippen LogP contribution in [0, 0.1) is 5.92 Å². The molecular weight excluding hydrogens is 308 g/mol. The van der Waals surface area contributed by atoms with E-state index in [9.17, 15) is 4.79 Å². The minimum Gasteiger partial charge on any atom is -0.338 e. The average Bonchev–Trinajstić information content (AvgIpc) is 2.54. The first-order valence-corrected chi connectivity index (χ1v) is 8.77. The number of piperidine rings is 1. The van der Waals surface area contributed by atoms with Gasteiger partial charge in [0.05, 0.1) is 6.42 Å². The molecule has 128 valence electrons. The number of carbonyl (C=O) groups is 1. The number of carbonyl (C=O) groups excluding carboxylic acids is 1. The SMILES string of the molecule is CC1CCN(C(=O)Cc2ccc3c(c2)CCCC3)C(CN)C1.Cl. The first-order chi connectivity index (χ1) is 10.7. The lowest BCUT2D eigenvalue weighted by molar-refractivity contribution is -0.134. The Kier molecular flexibility index (Phi) is 6.49. The van der Waals surface area contributed by atoms with Crippen LogP contribution in [-0.4, -0.2) is 29.9 Å². The summed E-state index contributed by atoms with van der Waals surface area (Å²) in [5, 5.41) is 0. The zero-order chi connectivity index (χ0) is 15.5. The lowest BCUT2D eigenvalue weighted by Crippen LogP contribution is -2.49. The van der Waals surface area contributed by atoms with Crippen molar-refractivity contribution in [3.8, 4) is 0 Å². The molecule has 1 fully saturated rings. The van der Waals surface area contributed by atoms with Crippen LogP contribution in [0.25, 0.3) is 0 Å². The molecule has 2 atom stereocenters. The molecule has 2 aliphatic rings. The van der Waals surface area contributed by atoms with E-state index in [0.717, 1.165) is 19.4 Å². The average molecular weight is 337 g/mol. The molecule has 0 aromatic heterocycles. The van der Waals surface area contributed by atoms with Crippen LogP contribution in [0.3, 0.4) is 0 Å². The number of likely N-dealkylation sites (tertiary alicyclic amines) is 1. The Hall–Kier alpha value is -1.06. The highest BCUT2D eigenvalue weighted by molar-refractivity contribution is 5.85. The van der Waals surface area contributed by atoms with E-state index in [1.807, 2.05) is 4.90 Å². The van der Waals surface area contributed by atoms with Crippen LogP contribution in [0.15, 0.2) is 18.2 Å². The highest BCUT2D eigenvalue weighted by Gasteiger charge is 2.28. The van der Waals surface area contributed by atoms with Crippen molar-refractivity contribution in [2.24, 2.45) is 11.7 Å². The van der Waals surface area contributed by atoms with Crippen LogP contribution < -0.4 is 5.73 Å². The molecule has 0 radical (unpaired) electrons. The predicted molar refractivity (Wildman–Crippen MR) is 97.0 cm³/mol. The molecule has 0 saturated carbocycles. The van der Waals surface area contributed by atoms with Gasteiger partial charge in [-0.25, -0.2) is 0 Å². The molecule has 3 nitrogen and oxygen atoms in total. The Labute approximate surface area is 146 Å². The van der Waals surface area contributed by atoms with Crippen molar-refractivity contribution in [1.82, 2.24) is 4.90 Å². The molecule has 3 rings (SSSR count). The van der Waals surface area contributed by atoms with E-state index in [4.69, 9.17) is 5.73 Å². The van der Waals surface area contributed by atoms with Crippen molar-refractivity contribution in [2.75, 3.05) is 13.1 Å². The van der Waals surface area contributed by atoms with E-state index in [2.05, 4.69) is 25.1 Å². The largest absolute Gasteiger partial charge is 0.338 e. The second kappa shape index (κ2) is 8.16. The molecule has 4 heteroatoms. The number of aryl methyl sites for hydroxylation is 2. The van der Waals surface area contributed by atoms with Crippen LogP contribution in [0.2, 0.25) is 0 Å². The van der Waals surface area contributed by atoms with Gasteiger partial charge in [0.1, 0.15) is 0 Å². The summed E-state index contributed by atoms with van der Waals surface area (Å²) in [6, 6.07) is 6.87. The summed E-state index contributed by atoms with van der Waals surface area (Å²) in [4.78, 5) is 14.7. The van der Waals surface area contributed by atoms with Gasteiger partial charge in [0.2, 0.25) is 5.91 Å². The quantitative estimate of drug-likeness (QED) is 0.921. The first-order valence-electron chi connectivity index (χ1n) is 8.77. The van der Waals surface area contributed by atoms with Crippen molar-refractivity contribution in [3.63, 3.8) is 0 Å². The maximum absolute atomic E-state index is 12.7. The number of nitrogens with zero attached hydrogens (tertiary/aromatic N) is 1. The van der Waals surface area contributed by atoms with Gasteiger partial charge in [-0.3, -0.25) is 4.79 Å². The Balaban J connectivity index is 0.00000192. The molecule has 2 unspecified atom stereocenters. The Morgan fingerprint density at radius 3 is 2.74 bits per heavy atom. The van der Waals surface area contributed by atoms with E-state index >= 15 is 0 Å². The number of fused-ring (bicyclic) bond motifs is 1. The van der Waals surface area contributed by atoms with Crippen molar-refractivity contribution in [3.05, 3.63) is 34.9 Å². The Bertz CT molecular complexity index is 546. The molecule has 2 N–H and O–H groups in total.